The monoisotopic (exact) mass is 382 g/mol. The van der Waals surface area contributed by atoms with E-state index in [0.29, 0.717) is 44.0 Å². The molecule has 5 nitrogen and oxygen atoms in total. The van der Waals surface area contributed by atoms with Crippen LogP contribution < -0.4 is 0 Å². The van der Waals surface area contributed by atoms with Gasteiger partial charge in [-0.25, -0.2) is 8.42 Å². The highest BCUT2D eigenvalue weighted by Gasteiger charge is 2.33. The highest BCUT2D eigenvalue weighted by atomic mass is 35.5. The van der Waals surface area contributed by atoms with Gasteiger partial charge in [-0.05, 0) is 37.1 Å². The highest BCUT2D eigenvalue weighted by Crippen LogP contribution is 2.25. The van der Waals surface area contributed by atoms with Gasteiger partial charge in [-0.1, -0.05) is 23.8 Å². The predicted octanol–water partition coefficient (Wildman–Crippen LogP) is 2.94. The van der Waals surface area contributed by atoms with Gasteiger partial charge in [0.05, 0.1) is 4.90 Å². The Bertz CT molecular complexity index is 713. The van der Waals surface area contributed by atoms with Crippen LogP contribution in [0.4, 0.5) is 0 Å². The van der Waals surface area contributed by atoms with Crippen molar-refractivity contribution in [3.05, 3.63) is 54.6 Å². The molecule has 7 heteroatoms. The number of nitrogens with zero attached hydrogens (tertiary/aromatic N) is 2. The Morgan fingerprint density at radius 1 is 1.16 bits per heavy atom. The van der Waals surface area contributed by atoms with Crippen LogP contribution in [0.3, 0.4) is 0 Å². The summed E-state index contributed by atoms with van der Waals surface area (Å²) < 4.78 is 26.8. The maximum atomic E-state index is 12.7. The summed E-state index contributed by atoms with van der Waals surface area (Å²) in [5.74, 6) is -0.139. The zero-order chi connectivity index (χ0) is 18.4. The first kappa shape index (κ1) is 19.7. The molecule has 1 amide bonds. The highest BCUT2D eigenvalue weighted by molar-refractivity contribution is 7.89. The molecule has 0 unspecified atom stereocenters. The average Bonchev–Trinajstić information content (AvgIpc) is 2.61. The number of sulfonamides is 1. The molecule has 25 heavy (non-hydrogen) atoms. The molecule has 1 fully saturated rings. The summed E-state index contributed by atoms with van der Waals surface area (Å²) in [5.41, 5.74) is 0. The number of amides is 1. The first-order chi connectivity index (χ1) is 11.9. The maximum Gasteiger partial charge on any atom is 0.243 e. The third kappa shape index (κ3) is 4.71. The molecule has 0 bridgehead atoms. The van der Waals surface area contributed by atoms with Crippen LogP contribution in [-0.4, -0.2) is 49.7 Å². The van der Waals surface area contributed by atoms with Crippen molar-refractivity contribution in [1.29, 1.82) is 0 Å². The van der Waals surface area contributed by atoms with Crippen molar-refractivity contribution in [3.63, 3.8) is 0 Å². The fraction of sp³-hybridized carbons (Fsp3) is 0.389. The molecular formula is C18H23ClN2O3S. The van der Waals surface area contributed by atoms with Gasteiger partial charge in [-0.3, -0.25) is 4.79 Å². The van der Waals surface area contributed by atoms with E-state index in [9.17, 15) is 13.2 Å². The molecule has 1 saturated heterocycles. The summed E-state index contributed by atoms with van der Waals surface area (Å²) in [7, 11) is -3.55. The molecule has 1 aliphatic rings. The summed E-state index contributed by atoms with van der Waals surface area (Å²) in [6.07, 6.45) is 4.38. The topological polar surface area (TPSA) is 57.7 Å². The van der Waals surface area contributed by atoms with Gasteiger partial charge in [0.1, 0.15) is 0 Å². The van der Waals surface area contributed by atoms with E-state index in [1.165, 1.54) is 16.4 Å². The van der Waals surface area contributed by atoms with E-state index in [4.69, 9.17) is 11.6 Å². The van der Waals surface area contributed by atoms with Crippen molar-refractivity contribution in [2.75, 3.05) is 26.2 Å². The normalized spacial score (nSPS) is 16.4. The third-order valence-corrected chi connectivity index (χ3v) is 6.43. The quantitative estimate of drug-likeness (QED) is 0.681. The molecule has 1 heterocycles. The summed E-state index contributed by atoms with van der Waals surface area (Å²) in [6.45, 7) is 8.93. The number of piperidine rings is 1. The summed E-state index contributed by atoms with van der Waals surface area (Å²) in [6, 6.07) is 6.13. The van der Waals surface area contributed by atoms with Crippen LogP contribution in [0.1, 0.15) is 12.8 Å². The number of benzene rings is 1. The molecule has 1 aromatic carbocycles. The van der Waals surface area contributed by atoms with Crippen LogP contribution in [-0.2, 0) is 14.8 Å². The second kappa shape index (κ2) is 8.65. The molecule has 2 rings (SSSR count). The lowest BCUT2D eigenvalue weighted by Gasteiger charge is -2.33. The Hall–Kier alpha value is -1.63. The van der Waals surface area contributed by atoms with Crippen molar-refractivity contribution in [1.82, 2.24) is 9.21 Å². The second-order valence-electron chi connectivity index (χ2n) is 5.95. The Morgan fingerprint density at radius 2 is 1.68 bits per heavy atom. The van der Waals surface area contributed by atoms with E-state index < -0.39 is 10.0 Å². The zero-order valence-corrected chi connectivity index (χ0v) is 15.7. The minimum absolute atomic E-state index is 0.0309. The lowest BCUT2D eigenvalue weighted by atomic mass is 9.96. The Morgan fingerprint density at radius 3 is 2.16 bits per heavy atom. The van der Waals surface area contributed by atoms with Crippen LogP contribution >= 0.6 is 11.6 Å². The molecule has 1 aromatic rings. The van der Waals surface area contributed by atoms with Gasteiger partial charge in [0.2, 0.25) is 15.9 Å². The van der Waals surface area contributed by atoms with E-state index in [0.717, 1.165) is 0 Å². The van der Waals surface area contributed by atoms with E-state index in [2.05, 4.69) is 13.2 Å². The van der Waals surface area contributed by atoms with Crippen molar-refractivity contribution in [2.24, 2.45) is 5.92 Å². The number of halogens is 1. The number of rotatable bonds is 7. The molecule has 0 aromatic heterocycles. The molecule has 0 atom stereocenters. The van der Waals surface area contributed by atoms with Crippen molar-refractivity contribution in [2.45, 2.75) is 17.7 Å². The first-order valence-corrected chi connectivity index (χ1v) is 9.98. The number of hydrogen-bond acceptors (Lipinski definition) is 3. The van der Waals surface area contributed by atoms with Crippen molar-refractivity contribution in [3.8, 4) is 0 Å². The Balaban J connectivity index is 2.03. The minimum Gasteiger partial charge on any atom is -0.335 e. The lowest BCUT2D eigenvalue weighted by molar-refractivity contribution is -0.135. The lowest BCUT2D eigenvalue weighted by Crippen LogP contribution is -2.44. The fourth-order valence-corrected chi connectivity index (χ4v) is 4.52. The molecule has 0 N–H and O–H groups in total. The van der Waals surface area contributed by atoms with E-state index >= 15 is 0 Å². The van der Waals surface area contributed by atoms with Crippen LogP contribution in [0.25, 0.3) is 0 Å². The zero-order valence-electron chi connectivity index (χ0n) is 14.1. The van der Waals surface area contributed by atoms with E-state index in [1.807, 2.05) is 0 Å². The van der Waals surface area contributed by atoms with Gasteiger partial charge in [0.25, 0.3) is 0 Å². The standard InChI is InChI=1S/C18H23ClN2O3S/c1-3-11-20(12-4-2)18(22)15-9-13-21(14-10-15)25(23,24)17-7-5-16(19)6-8-17/h3-8,15H,1-2,9-14H2. The van der Waals surface area contributed by atoms with Crippen LogP contribution in [0.2, 0.25) is 5.02 Å². The summed E-state index contributed by atoms with van der Waals surface area (Å²) in [4.78, 5) is 14.5. The van der Waals surface area contributed by atoms with Gasteiger partial charge in [-0.15, -0.1) is 13.2 Å². The van der Waals surface area contributed by atoms with Crippen molar-refractivity contribution >= 4 is 27.5 Å². The number of carbonyl (C=O) groups excluding carboxylic acids is 1. The molecular weight excluding hydrogens is 360 g/mol. The SMILES string of the molecule is C=CCN(CC=C)C(=O)C1CCN(S(=O)(=O)c2ccc(Cl)cc2)CC1. The van der Waals surface area contributed by atoms with Crippen LogP contribution in [0.5, 0.6) is 0 Å². The van der Waals surface area contributed by atoms with E-state index in [-0.39, 0.29) is 16.7 Å². The van der Waals surface area contributed by atoms with Crippen LogP contribution in [0.15, 0.2) is 54.5 Å². The fourth-order valence-electron chi connectivity index (χ4n) is 2.92. The molecule has 0 radical (unpaired) electrons. The third-order valence-electron chi connectivity index (χ3n) is 4.27. The molecule has 0 saturated carbocycles. The second-order valence-corrected chi connectivity index (χ2v) is 8.33. The molecule has 0 spiro atoms. The maximum absolute atomic E-state index is 12.7. The van der Waals surface area contributed by atoms with Gasteiger partial charge >= 0.3 is 0 Å². The molecule has 0 aliphatic carbocycles. The summed E-state index contributed by atoms with van der Waals surface area (Å²) >= 11 is 5.82. The van der Waals surface area contributed by atoms with Crippen molar-refractivity contribution < 1.29 is 13.2 Å². The van der Waals surface area contributed by atoms with Gasteiger partial charge in [0, 0.05) is 37.1 Å². The summed E-state index contributed by atoms with van der Waals surface area (Å²) in [5, 5.41) is 0.493. The Kier molecular flexibility index (Phi) is 6.81. The molecule has 136 valence electrons. The molecule has 1 aliphatic heterocycles. The van der Waals surface area contributed by atoms with Gasteiger partial charge < -0.3 is 4.90 Å². The number of carbonyl (C=O) groups is 1. The first-order valence-electron chi connectivity index (χ1n) is 8.16. The van der Waals surface area contributed by atoms with Gasteiger partial charge in [0.15, 0.2) is 0 Å². The Labute approximate surface area is 154 Å². The average molecular weight is 383 g/mol. The smallest absolute Gasteiger partial charge is 0.243 e. The largest absolute Gasteiger partial charge is 0.335 e. The van der Waals surface area contributed by atoms with Crippen LogP contribution in [0, 0.1) is 5.92 Å². The minimum atomic E-state index is -3.55. The van der Waals surface area contributed by atoms with Gasteiger partial charge in [-0.2, -0.15) is 4.31 Å². The predicted molar refractivity (Wildman–Crippen MR) is 99.9 cm³/mol. The van der Waals surface area contributed by atoms with E-state index in [1.54, 1.807) is 29.2 Å². The number of hydrogen-bond donors (Lipinski definition) is 0.